The highest BCUT2D eigenvalue weighted by Crippen LogP contribution is 2.36. The zero-order chi connectivity index (χ0) is 20.3. The molecule has 3 rings (SSSR count). The van der Waals surface area contributed by atoms with Crippen LogP contribution in [-0.4, -0.2) is 29.3 Å². The number of aliphatic carboxylic acids is 1. The normalized spacial score (nSPS) is 13.1. The summed E-state index contributed by atoms with van der Waals surface area (Å²) in [5, 5.41) is 18.6. The maximum Gasteiger partial charge on any atom is 0.316 e. The van der Waals surface area contributed by atoms with Crippen LogP contribution in [-0.2, 0) is 14.9 Å². The number of carboxylic acids is 1. The van der Waals surface area contributed by atoms with Gasteiger partial charge in [0.05, 0.1) is 16.3 Å². The van der Waals surface area contributed by atoms with E-state index in [4.69, 9.17) is 9.66 Å². The van der Waals surface area contributed by atoms with Crippen molar-refractivity contribution in [2.45, 2.75) is 22.0 Å². The summed E-state index contributed by atoms with van der Waals surface area (Å²) in [5.41, 5.74) is 1.02. The van der Waals surface area contributed by atoms with Gasteiger partial charge in [0.25, 0.3) is 10.1 Å². The third-order valence-electron chi connectivity index (χ3n) is 3.92. The fourth-order valence-electron chi connectivity index (χ4n) is 2.48. The van der Waals surface area contributed by atoms with Crippen molar-refractivity contribution in [3.63, 3.8) is 0 Å². The third kappa shape index (κ3) is 4.56. The fraction of sp³-hybridized carbons (Fsp3) is 0.105. The van der Waals surface area contributed by atoms with Crippen molar-refractivity contribution in [3.05, 3.63) is 60.7 Å². The Morgan fingerprint density at radius 1 is 0.964 bits per heavy atom. The molecule has 0 aromatic heterocycles. The van der Waals surface area contributed by atoms with Crippen LogP contribution in [0.5, 0.6) is 0 Å². The van der Waals surface area contributed by atoms with E-state index in [9.17, 15) is 13.2 Å². The number of azo groups is 1. The van der Waals surface area contributed by atoms with Gasteiger partial charge >= 0.3 is 5.97 Å². The minimum atomic E-state index is -4.25. The number of carboxylic acid groups (broad SMARTS) is 1. The van der Waals surface area contributed by atoms with Gasteiger partial charge in [-0.1, -0.05) is 24.3 Å². The van der Waals surface area contributed by atoms with Crippen LogP contribution < -0.4 is 0 Å². The van der Waals surface area contributed by atoms with Crippen molar-refractivity contribution >= 4 is 50.0 Å². The molecular weight excluding hydrogens is 400 g/mol. The van der Waals surface area contributed by atoms with Crippen molar-refractivity contribution in [2.75, 3.05) is 0 Å². The zero-order valence-corrected chi connectivity index (χ0v) is 16.3. The Balaban J connectivity index is 1.94. The first-order valence-corrected chi connectivity index (χ1v) is 10.5. The van der Waals surface area contributed by atoms with Crippen LogP contribution in [0.2, 0.25) is 0 Å². The molecule has 0 saturated heterocycles. The Bertz CT molecular complexity index is 1160. The van der Waals surface area contributed by atoms with Crippen molar-refractivity contribution in [1.29, 1.82) is 0 Å². The topological polar surface area (TPSA) is 116 Å². The molecule has 1 atom stereocenters. The molecule has 0 heterocycles. The molecule has 0 amide bonds. The molecule has 0 fully saturated rings. The molecule has 0 aliphatic carbocycles. The van der Waals surface area contributed by atoms with E-state index in [1.54, 1.807) is 13.0 Å². The van der Waals surface area contributed by atoms with Gasteiger partial charge in [-0.15, -0.1) is 16.9 Å². The summed E-state index contributed by atoms with van der Waals surface area (Å²) in [7, 11) is -4.25. The summed E-state index contributed by atoms with van der Waals surface area (Å²) < 4.78 is 31.2. The molecule has 28 heavy (non-hydrogen) atoms. The van der Waals surface area contributed by atoms with E-state index < -0.39 is 21.3 Å². The van der Waals surface area contributed by atoms with Crippen LogP contribution >= 0.6 is 11.8 Å². The van der Waals surface area contributed by atoms with Crippen molar-refractivity contribution in [2.24, 2.45) is 10.2 Å². The average Bonchev–Trinajstić information content (AvgIpc) is 2.67. The number of thioether (sulfide) groups is 1. The highest BCUT2D eigenvalue weighted by molar-refractivity contribution is 8.00. The van der Waals surface area contributed by atoms with E-state index in [-0.39, 0.29) is 4.90 Å². The van der Waals surface area contributed by atoms with E-state index in [0.717, 1.165) is 15.7 Å². The van der Waals surface area contributed by atoms with Gasteiger partial charge < -0.3 is 5.11 Å². The van der Waals surface area contributed by atoms with Crippen LogP contribution in [0, 0.1) is 0 Å². The second kappa shape index (κ2) is 8.09. The molecule has 3 aromatic rings. The minimum Gasteiger partial charge on any atom is -0.480 e. The summed E-state index contributed by atoms with van der Waals surface area (Å²) in [6.07, 6.45) is 0. The zero-order valence-electron chi connectivity index (χ0n) is 14.7. The smallest absolute Gasteiger partial charge is 0.316 e. The predicted octanol–water partition coefficient (Wildman–Crippen LogP) is 5.07. The predicted molar refractivity (Wildman–Crippen MR) is 107 cm³/mol. The highest BCUT2D eigenvalue weighted by Gasteiger charge is 2.15. The Morgan fingerprint density at radius 2 is 1.61 bits per heavy atom. The average molecular weight is 416 g/mol. The highest BCUT2D eigenvalue weighted by atomic mass is 32.2. The summed E-state index contributed by atoms with van der Waals surface area (Å²) in [6, 6.07) is 16.4. The standard InChI is InChI=1S/C19H16N2O5S2/c1-12(19(22)23)27-18-11-10-17(15-4-2-3-5-16(15)18)21-20-13-6-8-14(9-7-13)28(24,25)26/h2-12H,1H3,(H,22,23)(H,24,25,26). The maximum absolute atomic E-state index is 11.1. The Kier molecular flexibility index (Phi) is 5.78. The molecule has 144 valence electrons. The lowest BCUT2D eigenvalue weighted by Crippen LogP contribution is -2.11. The SMILES string of the molecule is CC(Sc1ccc(N=Nc2ccc(S(=O)(=O)O)cc2)c2ccccc12)C(=O)O. The Labute approximate surface area is 165 Å². The van der Waals surface area contributed by atoms with Crippen molar-refractivity contribution in [3.8, 4) is 0 Å². The molecule has 2 N–H and O–H groups in total. The van der Waals surface area contributed by atoms with Gasteiger partial charge in [-0.05, 0) is 48.7 Å². The van der Waals surface area contributed by atoms with E-state index in [1.807, 2.05) is 30.3 Å². The molecule has 0 saturated carbocycles. The van der Waals surface area contributed by atoms with Gasteiger partial charge in [-0.25, -0.2) is 0 Å². The monoisotopic (exact) mass is 416 g/mol. The van der Waals surface area contributed by atoms with Crippen molar-refractivity contribution in [1.82, 2.24) is 0 Å². The van der Waals surface area contributed by atoms with Crippen molar-refractivity contribution < 1.29 is 22.9 Å². The van der Waals surface area contributed by atoms with Crippen LogP contribution in [0.3, 0.4) is 0 Å². The molecule has 9 heteroatoms. The molecule has 0 aliphatic rings. The molecule has 0 spiro atoms. The second-order valence-electron chi connectivity index (χ2n) is 5.90. The summed E-state index contributed by atoms with van der Waals surface area (Å²) in [5.74, 6) is -0.883. The lowest BCUT2D eigenvalue weighted by Gasteiger charge is -2.10. The summed E-state index contributed by atoms with van der Waals surface area (Å²) in [4.78, 5) is 11.8. The van der Waals surface area contributed by atoms with Crippen LogP contribution in [0.25, 0.3) is 10.8 Å². The van der Waals surface area contributed by atoms with Crippen LogP contribution in [0.4, 0.5) is 11.4 Å². The van der Waals surface area contributed by atoms with Gasteiger partial charge in [-0.3, -0.25) is 9.35 Å². The lowest BCUT2D eigenvalue weighted by molar-refractivity contribution is -0.136. The molecule has 3 aromatic carbocycles. The lowest BCUT2D eigenvalue weighted by atomic mass is 10.1. The number of rotatable bonds is 6. The first-order valence-electron chi connectivity index (χ1n) is 8.16. The van der Waals surface area contributed by atoms with E-state index in [1.165, 1.54) is 36.0 Å². The Morgan fingerprint density at radius 3 is 2.21 bits per heavy atom. The number of nitrogens with zero attached hydrogens (tertiary/aromatic N) is 2. The van der Waals surface area contributed by atoms with Crippen LogP contribution in [0.15, 0.2) is 80.7 Å². The largest absolute Gasteiger partial charge is 0.480 e. The van der Waals surface area contributed by atoms with Gasteiger partial charge in [0.2, 0.25) is 0 Å². The quantitative estimate of drug-likeness (QED) is 0.329. The molecular formula is C19H16N2O5S2. The summed E-state index contributed by atoms with van der Waals surface area (Å²) in [6.45, 7) is 1.63. The molecule has 7 nitrogen and oxygen atoms in total. The fourth-order valence-corrected chi connectivity index (χ4v) is 3.90. The van der Waals surface area contributed by atoms with Gasteiger partial charge in [0.1, 0.15) is 5.25 Å². The van der Waals surface area contributed by atoms with Gasteiger partial charge in [-0.2, -0.15) is 13.5 Å². The number of carbonyl (C=O) groups is 1. The third-order valence-corrected chi connectivity index (χ3v) is 5.95. The minimum absolute atomic E-state index is 0.217. The maximum atomic E-state index is 11.1. The number of hydrogen-bond acceptors (Lipinski definition) is 6. The van der Waals surface area contributed by atoms with Gasteiger partial charge in [0.15, 0.2) is 0 Å². The molecule has 0 aliphatic heterocycles. The first kappa shape index (κ1) is 20.0. The second-order valence-corrected chi connectivity index (χ2v) is 8.70. The number of hydrogen-bond donors (Lipinski definition) is 2. The van der Waals surface area contributed by atoms with E-state index in [0.29, 0.717) is 11.4 Å². The van der Waals surface area contributed by atoms with Gasteiger partial charge in [0, 0.05) is 10.3 Å². The first-order chi connectivity index (χ1) is 13.3. The number of benzene rings is 3. The summed E-state index contributed by atoms with van der Waals surface area (Å²) >= 11 is 1.26. The van der Waals surface area contributed by atoms with E-state index in [2.05, 4.69) is 10.2 Å². The molecule has 1 unspecified atom stereocenters. The van der Waals surface area contributed by atoms with E-state index >= 15 is 0 Å². The van der Waals surface area contributed by atoms with Crippen LogP contribution in [0.1, 0.15) is 6.92 Å². The Hall–Kier alpha value is -2.75. The number of fused-ring (bicyclic) bond motifs is 1. The molecule has 0 radical (unpaired) electrons. The molecule has 0 bridgehead atoms.